The lowest BCUT2D eigenvalue weighted by Gasteiger charge is -2.04. The number of hydrogen-bond donors (Lipinski definition) is 1. The minimum atomic E-state index is 0.768. The van der Waals surface area contributed by atoms with E-state index in [1.165, 1.54) is 0 Å². The summed E-state index contributed by atoms with van der Waals surface area (Å²) in [6, 6.07) is 0. The average molecular weight is 205 g/mol. The van der Waals surface area contributed by atoms with E-state index in [1.807, 2.05) is 24.9 Å². The molecule has 0 atom stereocenters. The first kappa shape index (κ1) is 9.89. The van der Waals surface area contributed by atoms with E-state index in [9.17, 15) is 0 Å². The second kappa shape index (κ2) is 3.84. The van der Waals surface area contributed by atoms with Crippen LogP contribution in [0.2, 0.25) is 0 Å². The Morgan fingerprint density at radius 2 is 2.20 bits per heavy atom. The van der Waals surface area contributed by atoms with Gasteiger partial charge in [-0.15, -0.1) is 0 Å². The zero-order valence-electron chi connectivity index (χ0n) is 9.28. The topological polar surface area (TPSA) is 55.6 Å². The number of aryl methyl sites for hydroxylation is 2. The summed E-state index contributed by atoms with van der Waals surface area (Å²) in [6.45, 7) is 4.91. The molecule has 0 saturated heterocycles. The molecule has 0 unspecified atom stereocenters. The standard InChI is InChI=1S/C10H15N5/c1-4-5-15-10-8(6-12-15)9(11-3)13-7(2)14-10/h6H,4-5H2,1-3H3,(H,11,13,14). The maximum Gasteiger partial charge on any atom is 0.163 e. The number of nitrogens with one attached hydrogen (secondary N) is 1. The molecule has 80 valence electrons. The Kier molecular flexibility index (Phi) is 2.53. The molecule has 2 aromatic rings. The van der Waals surface area contributed by atoms with E-state index in [1.54, 1.807) is 0 Å². The van der Waals surface area contributed by atoms with Crippen molar-refractivity contribution in [2.45, 2.75) is 26.8 Å². The van der Waals surface area contributed by atoms with E-state index in [0.29, 0.717) is 0 Å². The molecule has 0 aliphatic carbocycles. The highest BCUT2D eigenvalue weighted by Crippen LogP contribution is 2.19. The molecule has 5 heteroatoms. The van der Waals surface area contributed by atoms with Gasteiger partial charge >= 0.3 is 0 Å². The van der Waals surface area contributed by atoms with Crippen molar-refractivity contribution in [3.8, 4) is 0 Å². The van der Waals surface area contributed by atoms with Crippen LogP contribution in [0.4, 0.5) is 5.82 Å². The number of rotatable bonds is 3. The van der Waals surface area contributed by atoms with Crippen LogP contribution in [0.25, 0.3) is 11.0 Å². The van der Waals surface area contributed by atoms with Crippen molar-refractivity contribution in [2.75, 3.05) is 12.4 Å². The third-order valence-corrected chi connectivity index (χ3v) is 2.28. The summed E-state index contributed by atoms with van der Waals surface area (Å²) in [4.78, 5) is 8.73. The monoisotopic (exact) mass is 205 g/mol. The quantitative estimate of drug-likeness (QED) is 0.826. The summed E-state index contributed by atoms with van der Waals surface area (Å²) in [7, 11) is 1.86. The van der Waals surface area contributed by atoms with Crippen molar-refractivity contribution in [1.82, 2.24) is 19.7 Å². The molecule has 0 saturated carbocycles. The maximum absolute atomic E-state index is 4.41. The molecule has 2 rings (SSSR count). The van der Waals surface area contributed by atoms with Crippen molar-refractivity contribution in [3.63, 3.8) is 0 Å². The molecule has 0 aromatic carbocycles. The van der Waals surface area contributed by atoms with Crippen molar-refractivity contribution >= 4 is 16.9 Å². The normalized spacial score (nSPS) is 10.9. The van der Waals surface area contributed by atoms with Crippen molar-refractivity contribution in [1.29, 1.82) is 0 Å². The van der Waals surface area contributed by atoms with Crippen LogP contribution in [0.15, 0.2) is 6.20 Å². The largest absolute Gasteiger partial charge is 0.372 e. The summed E-state index contributed by atoms with van der Waals surface area (Å²) < 4.78 is 1.92. The Labute approximate surface area is 88.5 Å². The van der Waals surface area contributed by atoms with Gasteiger partial charge in [-0.25, -0.2) is 14.6 Å². The van der Waals surface area contributed by atoms with Crippen LogP contribution in [-0.2, 0) is 6.54 Å². The van der Waals surface area contributed by atoms with Gasteiger partial charge in [0.15, 0.2) is 5.65 Å². The highest BCUT2D eigenvalue weighted by molar-refractivity contribution is 5.86. The lowest BCUT2D eigenvalue weighted by Crippen LogP contribution is -2.03. The van der Waals surface area contributed by atoms with Gasteiger partial charge in [0.05, 0.1) is 11.6 Å². The number of hydrogen-bond acceptors (Lipinski definition) is 4. The smallest absolute Gasteiger partial charge is 0.163 e. The van der Waals surface area contributed by atoms with Gasteiger partial charge in [0, 0.05) is 13.6 Å². The molecule has 0 bridgehead atoms. The molecule has 1 N–H and O–H groups in total. The molecule has 0 spiro atoms. The molecule has 0 aliphatic rings. The number of anilines is 1. The zero-order chi connectivity index (χ0) is 10.8. The summed E-state index contributed by atoms with van der Waals surface area (Å²) in [5.74, 6) is 1.62. The second-order valence-electron chi connectivity index (χ2n) is 3.47. The van der Waals surface area contributed by atoms with Gasteiger partial charge < -0.3 is 5.32 Å². The molecular weight excluding hydrogens is 190 g/mol. The van der Waals surface area contributed by atoms with E-state index in [4.69, 9.17) is 0 Å². The number of fused-ring (bicyclic) bond motifs is 1. The summed E-state index contributed by atoms with van der Waals surface area (Å²) >= 11 is 0. The minimum absolute atomic E-state index is 0.768. The van der Waals surface area contributed by atoms with Gasteiger partial charge in [-0.3, -0.25) is 0 Å². The highest BCUT2D eigenvalue weighted by atomic mass is 15.3. The molecular formula is C10H15N5. The minimum Gasteiger partial charge on any atom is -0.372 e. The molecule has 0 fully saturated rings. The second-order valence-corrected chi connectivity index (χ2v) is 3.47. The first-order chi connectivity index (χ1) is 7.26. The van der Waals surface area contributed by atoms with Crippen LogP contribution in [0.1, 0.15) is 19.2 Å². The molecule has 2 heterocycles. The zero-order valence-corrected chi connectivity index (χ0v) is 9.28. The van der Waals surface area contributed by atoms with E-state index in [2.05, 4.69) is 27.3 Å². The summed E-state index contributed by atoms with van der Waals surface area (Å²) in [5, 5.41) is 8.35. The molecule has 2 aromatic heterocycles. The van der Waals surface area contributed by atoms with E-state index < -0.39 is 0 Å². The lowest BCUT2D eigenvalue weighted by atomic mass is 10.4. The predicted molar refractivity (Wildman–Crippen MR) is 59.9 cm³/mol. The third-order valence-electron chi connectivity index (χ3n) is 2.28. The van der Waals surface area contributed by atoms with E-state index >= 15 is 0 Å². The molecule has 0 aliphatic heterocycles. The van der Waals surface area contributed by atoms with Gasteiger partial charge in [0.25, 0.3) is 0 Å². The Morgan fingerprint density at radius 1 is 1.40 bits per heavy atom. The SMILES string of the molecule is CCCn1ncc2c(NC)nc(C)nc21. The van der Waals surface area contributed by atoms with Crippen LogP contribution in [0.3, 0.4) is 0 Å². The van der Waals surface area contributed by atoms with Gasteiger partial charge in [-0.2, -0.15) is 5.10 Å². The Morgan fingerprint density at radius 3 is 2.87 bits per heavy atom. The molecule has 15 heavy (non-hydrogen) atoms. The Balaban J connectivity index is 2.64. The average Bonchev–Trinajstić information content (AvgIpc) is 2.61. The Hall–Kier alpha value is -1.65. The van der Waals surface area contributed by atoms with Crippen molar-refractivity contribution in [2.24, 2.45) is 0 Å². The highest BCUT2D eigenvalue weighted by Gasteiger charge is 2.09. The van der Waals surface area contributed by atoms with E-state index in [-0.39, 0.29) is 0 Å². The molecule has 0 amide bonds. The number of nitrogens with zero attached hydrogens (tertiary/aromatic N) is 4. The molecule has 0 radical (unpaired) electrons. The fourth-order valence-corrected chi connectivity index (χ4v) is 1.63. The summed E-state index contributed by atoms with van der Waals surface area (Å²) in [5.41, 5.74) is 0.911. The maximum atomic E-state index is 4.41. The van der Waals surface area contributed by atoms with Crippen LogP contribution < -0.4 is 5.32 Å². The number of aromatic nitrogens is 4. The van der Waals surface area contributed by atoms with Crippen molar-refractivity contribution in [3.05, 3.63) is 12.0 Å². The van der Waals surface area contributed by atoms with Crippen molar-refractivity contribution < 1.29 is 0 Å². The first-order valence-electron chi connectivity index (χ1n) is 5.14. The van der Waals surface area contributed by atoms with Gasteiger partial charge in [-0.1, -0.05) is 6.92 Å². The van der Waals surface area contributed by atoms with Crippen LogP contribution in [-0.4, -0.2) is 26.8 Å². The summed E-state index contributed by atoms with van der Waals surface area (Å²) in [6.07, 6.45) is 2.87. The lowest BCUT2D eigenvalue weighted by molar-refractivity contribution is 0.616. The Bertz CT molecular complexity index is 474. The third kappa shape index (κ3) is 1.65. The fourth-order valence-electron chi connectivity index (χ4n) is 1.63. The molecule has 5 nitrogen and oxygen atoms in total. The van der Waals surface area contributed by atoms with Gasteiger partial charge in [0.1, 0.15) is 11.6 Å². The van der Waals surface area contributed by atoms with Gasteiger partial charge in [0.2, 0.25) is 0 Å². The predicted octanol–water partition coefficient (Wildman–Crippen LogP) is 1.59. The van der Waals surface area contributed by atoms with E-state index in [0.717, 1.165) is 35.6 Å². The van der Waals surface area contributed by atoms with Crippen LogP contribution in [0.5, 0.6) is 0 Å². The fraction of sp³-hybridized carbons (Fsp3) is 0.500. The van der Waals surface area contributed by atoms with Gasteiger partial charge in [-0.05, 0) is 13.3 Å². The van der Waals surface area contributed by atoms with Crippen LogP contribution in [0, 0.1) is 6.92 Å². The first-order valence-corrected chi connectivity index (χ1v) is 5.14. The van der Waals surface area contributed by atoms with Crippen LogP contribution >= 0.6 is 0 Å².